The Hall–Kier alpha value is -1.70. The van der Waals surface area contributed by atoms with Crippen LogP contribution in [0.4, 0.5) is 0 Å². The van der Waals surface area contributed by atoms with Gasteiger partial charge in [-0.2, -0.15) is 0 Å². The molecule has 0 aliphatic carbocycles. The molecule has 0 fully saturated rings. The van der Waals surface area contributed by atoms with E-state index in [9.17, 15) is 0 Å². The van der Waals surface area contributed by atoms with Crippen LogP contribution >= 0.6 is 11.3 Å². The molecule has 0 atom stereocenters. The van der Waals surface area contributed by atoms with Crippen LogP contribution in [0.3, 0.4) is 0 Å². The molecule has 144 valence electrons. The molecule has 0 saturated heterocycles. The lowest BCUT2D eigenvalue weighted by Crippen LogP contribution is -2.38. The van der Waals surface area contributed by atoms with Crippen LogP contribution in [-0.2, 0) is 15.9 Å². The van der Waals surface area contributed by atoms with Gasteiger partial charge in [-0.1, -0.05) is 12.1 Å². The lowest BCUT2D eigenvalue weighted by molar-refractivity contribution is 0.0698. The average molecular weight is 379 g/mol. The molecule has 26 heavy (non-hydrogen) atoms. The van der Waals surface area contributed by atoms with Crippen molar-refractivity contribution in [1.29, 1.82) is 0 Å². The number of nitrogens with zero attached hydrogens (tertiary/aromatic N) is 2. The smallest absolute Gasteiger partial charge is 0.191 e. The zero-order chi connectivity index (χ0) is 18.5. The first-order valence-corrected chi connectivity index (χ1v) is 10.1. The molecule has 0 aliphatic heterocycles. The van der Waals surface area contributed by atoms with Crippen LogP contribution in [0.15, 0.2) is 29.3 Å². The zero-order valence-electron chi connectivity index (χ0n) is 15.8. The van der Waals surface area contributed by atoms with Crippen molar-refractivity contribution in [3.05, 3.63) is 29.3 Å². The highest BCUT2D eigenvalue weighted by Gasteiger charge is 2.03. The van der Waals surface area contributed by atoms with Crippen LogP contribution < -0.4 is 10.6 Å². The Morgan fingerprint density at radius 3 is 2.85 bits per heavy atom. The van der Waals surface area contributed by atoms with E-state index in [-0.39, 0.29) is 0 Å². The molecule has 0 saturated carbocycles. The van der Waals surface area contributed by atoms with Gasteiger partial charge in [-0.15, -0.1) is 11.3 Å². The molecule has 0 bridgehead atoms. The first kappa shape index (κ1) is 20.6. The highest BCUT2D eigenvalue weighted by atomic mass is 32.1. The van der Waals surface area contributed by atoms with Crippen molar-refractivity contribution < 1.29 is 9.47 Å². The van der Waals surface area contributed by atoms with Crippen molar-refractivity contribution in [2.75, 3.05) is 46.6 Å². The number of ether oxygens (including phenoxy) is 2. The SMILES string of the molecule is CCNC(=NCCCc1nc2ccccc2s1)NCCCOCCOC. The van der Waals surface area contributed by atoms with Crippen LogP contribution in [0, 0.1) is 0 Å². The van der Waals surface area contributed by atoms with Gasteiger partial charge in [-0.05, 0) is 31.9 Å². The number of thiazole rings is 1. The van der Waals surface area contributed by atoms with Crippen molar-refractivity contribution in [3.8, 4) is 0 Å². The van der Waals surface area contributed by atoms with Crippen LogP contribution in [0.25, 0.3) is 10.2 Å². The number of rotatable bonds is 12. The number of hydrogen-bond acceptors (Lipinski definition) is 5. The lowest BCUT2D eigenvalue weighted by Gasteiger charge is -2.11. The summed E-state index contributed by atoms with van der Waals surface area (Å²) in [6.45, 7) is 6.59. The van der Waals surface area contributed by atoms with E-state index in [1.165, 1.54) is 9.71 Å². The molecule has 1 aromatic carbocycles. The number of para-hydroxylation sites is 1. The fraction of sp³-hybridized carbons (Fsp3) is 0.579. The predicted octanol–water partition coefficient (Wildman–Crippen LogP) is 2.84. The largest absolute Gasteiger partial charge is 0.382 e. The Kier molecular flexibility index (Phi) is 10.0. The molecule has 6 nitrogen and oxygen atoms in total. The summed E-state index contributed by atoms with van der Waals surface area (Å²) in [7, 11) is 1.68. The van der Waals surface area contributed by atoms with Gasteiger partial charge in [0.2, 0.25) is 0 Å². The highest BCUT2D eigenvalue weighted by molar-refractivity contribution is 7.18. The van der Waals surface area contributed by atoms with Crippen molar-refractivity contribution in [2.24, 2.45) is 4.99 Å². The standard InChI is InChI=1S/C19H30N4O2S/c1-3-20-19(22-12-7-13-25-15-14-24-2)21-11-6-10-18-23-16-8-4-5-9-17(16)26-18/h4-5,8-9H,3,6-7,10-15H2,1-2H3,(H2,20,21,22). The van der Waals surface area contributed by atoms with Crippen LogP contribution in [0.5, 0.6) is 0 Å². The maximum atomic E-state index is 5.46. The predicted molar refractivity (Wildman–Crippen MR) is 109 cm³/mol. The molecule has 0 unspecified atom stereocenters. The number of benzene rings is 1. The Morgan fingerprint density at radius 2 is 2.04 bits per heavy atom. The van der Waals surface area contributed by atoms with Crippen LogP contribution in [0.1, 0.15) is 24.8 Å². The molecule has 1 aromatic heterocycles. The first-order valence-electron chi connectivity index (χ1n) is 9.26. The minimum absolute atomic E-state index is 0.645. The number of nitrogens with one attached hydrogen (secondary N) is 2. The maximum Gasteiger partial charge on any atom is 0.191 e. The summed E-state index contributed by atoms with van der Waals surface area (Å²) in [6.07, 6.45) is 2.91. The van der Waals surface area contributed by atoms with Gasteiger partial charge in [0.05, 0.1) is 28.4 Å². The highest BCUT2D eigenvalue weighted by Crippen LogP contribution is 2.22. The van der Waals surface area contributed by atoms with Crippen molar-refractivity contribution in [1.82, 2.24) is 15.6 Å². The molecular formula is C19H30N4O2S. The second-order valence-electron chi connectivity index (χ2n) is 5.83. The Balaban J connectivity index is 1.65. The van der Waals surface area contributed by atoms with Crippen LogP contribution in [-0.4, -0.2) is 57.5 Å². The number of guanidine groups is 1. The Labute approximate surface area is 160 Å². The number of aryl methyl sites for hydroxylation is 1. The number of fused-ring (bicyclic) bond motifs is 1. The van der Waals surface area contributed by atoms with Gasteiger partial charge in [0.15, 0.2) is 5.96 Å². The molecule has 2 N–H and O–H groups in total. The molecule has 0 amide bonds. The number of aromatic nitrogens is 1. The van der Waals surface area contributed by atoms with Gasteiger partial charge in [0, 0.05) is 39.8 Å². The molecule has 0 radical (unpaired) electrons. The monoisotopic (exact) mass is 378 g/mol. The summed E-state index contributed by atoms with van der Waals surface area (Å²) in [5, 5.41) is 7.81. The van der Waals surface area contributed by atoms with E-state index < -0.39 is 0 Å². The third-order valence-electron chi connectivity index (χ3n) is 3.69. The summed E-state index contributed by atoms with van der Waals surface area (Å²) < 4.78 is 11.7. The minimum Gasteiger partial charge on any atom is -0.382 e. The minimum atomic E-state index is 0.645. The summed E-state index contributed by atoms with van der Waals surface area (Å²) in [6, 6.07) is 8.29. The lowest BCUT2D eigenvalue weighted by atomic mass is 10.3. The van der Waals surface area contributed by atoms with Gasteiger partial charge in [-0.25, -0.2) is 4.98 Å². The fourth-order valence-electron chi connectivity index (χ4n) is 2.42. The fourth-order valence-corrected chi connectivity index (χ4v) is 3.42. The number of hydrogen-bond donors (Lipinski definition) is 2. The second-order valence-corrected chi connectivity index (χ2v) is 6.94. The van der Waals surface area contributed by atoms with E-state index in [1.54, 1.807) is 18.4 Å². The summed E-state index contributed by atoms with van der Waals surface area (Å²) in [5.41, 5.74) is 1.10. The van der Waals surface area contributed by atoms with Gasteiger partial charge in [0.1, 0.15) is 0 Å². The molecule has 2 aromatic rings. The van der Waals surface area contributed by atoms with Crippen LogP contribution in [0.2, 0.25) is 0 Å². The maximum absolute atomic E-state index is 5.46. The average Bonchev–Trinajstić information content (AvgIpc) is 3.07. The Morgan fingerprint density at radius 1 is 1.15 bits per heavy atom. The van der Waals surface area contributed by atoms with Gasteiger partial charge < -0.3 is 20.1 Å². The second kappa shape index (κ2) is 12.6. The van der Waals surface area contributed by atoms with E-state index in [0.717, 1.165) is 57.0 Å². The van der Waals surface area contributed by atoms with E-state index in [4.69, 9.17) is 9.47 Å². The summed E-state index contributed by atoms with van der Waals surface area (Å²) >= 11 is 1.78. The third-order valence-corrected chi connectivity index (χ3v) is 4.79. The molecular weight excluding hydrogens is 348 g/mol. The van der Waals surface area contributed by atoms with E-state index >= 15 is 0 Å². The third kappa shape index (κ3) is 7.68. The van der Waals surface area contributed by atoms with Gasteiger partial charge in [-0.3, -0.25) is 4.99 Å². The van der Waals surface area contributed by atoms with Crippen molar-refractivity contribution in [3.63, 3.8) is 0 Å². The quantitative estimate of drug-likeness (QED) is 0.338. The molecule has 7 heteroatoms. The van der Waals surface area contributed by atoms with Crippen molar-refractivity contribution in [2.45, 2.75) is 26.2 Å². The first-order chi connectivity index (χ1) is 12.8. The number of methoxy groups -OCH3 is 1. The van der Waals surface area contributed by atoms with Crippen molar-refractivity contribution >= 4 is 27.5 Å². The molecule has 1 heterocycles. The van der Waals surface area contributed by atoms with E-state index in [2.05, 4.69) is 45.7 Å². The molecule has 0 aliphatic rings. The van der Waals surface area contributed by atoms with E-state index in [1.807, 2.05) is 6.07 Å². The summed E-state index contributed by atoms with van der Waals surface area (Å²) in [5.74, 6) is 0.869. The topological polar surface area (TPSA) is 67.8 Å². The number of aliphatic imine (C=N–C) groups is 1. The van der Waals surface area contributed by atoms with Gasteiger partial charge in [0.25, 0.3) is 0 Å². The molecule has 0 spiro atoms. The van der Waals surface area contributed by atoms with Gasteiger partial charge >= 0.3 is 0 Å². The zero-order valence-corrected chi connectivity index (χ0v) is 16.6. The Bertz CT molecular complexity index is 627. The summed E-state index contributed by atoms with van der Waals surface area (Å²) in [4.78, 5) is 9.31. The van der Waals surface area contributed by atoms with E-state index in [0.29, 0.717) is 13.2 Å². The molecule has 2 rings (SSSR count). The normalized spacial score (nSPS) is 11.8.